The Balaban J connectivity index is 1.66. The molecule has 1 aliphatic heterocycles. The molecule has 24 heavy (non-hydrogen) atoms. The predicted octanol–water partition coefficient (Wildman–Crippen LogP) is 2.89. The highest BCUT2D eigenvalue weighted by molar-refractivity contribution is 6.35. The van der Waals surface area contributed by atoms with Gasteiger partial charge in [0, 0.05) is 22.4 Å². The molecule has 126 valence electrons. The van der Waals surface area contributed by atoms with Crippen molar-refractivity contribution in [2.24, 2.45) is 0 Å². The van der Waals surface area contributed by atoms with Crippen molar-refractivity contribution in [1.29, 1.82) is 0 Å². The van der Waals surface area contributed by atoms with Crippen LogP contribution < -0.4 is 4.90 Å². The number of cyclic esters (lactones) is 1. The molecule has 1 aromatic heterocycles. The molecule has 1 N–H and O–H groups in total. The summed E-state index contributed by atoms with van der Waals surface area (Å²) in [6, 6.07) is 5.42. The number of halogens is 2. The Kier molecular flexibility index (Phi) is 5.18. The number of nitrogens with zero attached hydrogens (tertiary/aromatic N) is 3. The van der Waals surface area contributed by atoms with Gasteiger partial charge >= 0.3 is 6.09 Å². The lowest BCUT2D eigenvalue weighted by molar-refractivity contribution is 0.0963. The smallest absolute Gasteiger partial charge is 0.417 e. The number of carbonyl (C=O) groups excluding carboxylic acids is 1. The first-order chi connectivity index (χ1) is 11.6. The third-order valence-corrected chi connectivity index (χ3v) is 4.44. The van der Waals surface area contributed by atoms with E-state index >= 15 is 0 Å². The lowest BCUT2D eigenvalue weighted by atomic mass is 10.1. The van der Waals surface area contributed by atoms with Gasteiger partial charge in [0.2, 0.25) is 5.95 Å². The zero-order valence-corrected chi connectivity index (χ0v) is 14.2. The van der Waals surface area contributed by atoms with E-state index in [1.807, 2.05) is 0 Å². The Morgan fingerprint density at radius 2 is 1.88 bits per heavy atom. The van der Waals surface area contributed by atoms with Crippen molar-refractivity contribution in [2.75, 3.05) is 18.1 Å². The van der Waals surface area contributed by atoms with E-state index in [4.69, 9.17) is 33.0 Å². The second-order valence-corrected chi connectivity index (χ2v) is 6.20. The summed E-state index contributed by atoms with van der Waals surface area (Å²) in [6.45, 7) is 0.0167. The molecule has 1 unspecified atom stereocenters. The van der Waals surface area contributed by atoms with E-state index in [9.17, 15) is 4.79 Å². The van der Waals surface area contributed by atoms with Crippen molar-refractivity contribution in [3.8, 4) is 0 Å². The number of rotatable bonds is 5. The molecule has 0 bridgehead atoms. The van der Waals surface area contributed by atoms with Gasteiger partial charge in [-0.3, -0.25) is 0 Å². The van der Waals surface area contributed by atoms with Crippen LogP contribution in [-0.4, -0.2) is 40.4 Å². The largest absolute Gasteiger partial charge is 0.441 e. The predicted molar refractivity (Wildman–Crippen MR) is 90.6 cm³/mol. The molecular formula is C16H15Cl2N3O3. The third kappa shape index (κ3) is 3.61. The van der Waals surface area contributed by atoms with E-state index in [0.29, 0.717) is 22.9 Å². The van der Waals surface area contributed by atoms with Gasteiger partial charge in [-0.1, -0.05) is 29.3 Å². The van der Waals surface area contributed by atoms with E-state index < -0.39 is 12.2 Å². The fourth-order valence-electron chi connectivity index (χ4n) is 2.44. The quantitative estimate of drug-likeness (QED) is 0.878. The fraction of sp³-hybridized carbons (Fsp3) is 0.312. The van der Waals surface area contributed by atoms with Crippen LogP contribution in [0.5, 0.6) is 0 Å². The molecule has 8 heteroatoms. The lowest BCUT2D eigenvalue weighted by Gasteiger charge is -2.11. The molecule has 1 aromatic carbocycles. The topological polar surface area (TPSA) is 75.6 Å². The Labute approximate surface area is 149 Å². The van der Waals surface area contributed by atoms with Crippen molar-refractivity contribution >= 4 is 35.2 Å². The van der Waals surface area contributed by atoms with Crippen LogP contribution >= 0.6 is 23.2 Å². The van der Waals surface area contributed by atoms with Gasteiger partial charge in [0.1, 0.15) is 6.10 Å². The summed E-state index contributed by atoms with van der Waals surface area (Å²) in [5, 5.41) is 10.3. The maximum absolute atomic E-state index is 11.7. The molecule has 0 radical (unpaired) electrons. The number of anilines is 1. The van der Waals surface area contributed by atoms with E-state index in [1.165, 1.54) is 4.90 Å². The zero-order valence-electron chi connectivity index (χ0n) is 12.7. The monoisotopic (exact) mass is 367 g/mol. The minimum absolute atomic E-state index is 0.223. The van der Waals surface area contributed by atoms with Gasteiger partial charge in [-0.05, 0) is 36.1 Å². The summed E-state index contributed by atoms with van der Waals surface area (Å²) in [4.78, 5) is 21.4. The molecule has 0 spiro atoms. The number of aliphatic hydroxyl groups is 1. The van der Waals surface area contributed by atoms with Crippen LogP contribution in [0.4, 0.5) is 10.7 Å². The van der Waals surface area contributed by atoms with Gasteiger partial charge in [-0.2, -0.15) is 0 Å². The van der Waals surface area contributed by atoms with E-state index in [2.05, 4.69) is 9.97 Å². The normalized spacial score (nSPS) is 17.2. The zero-order chi connectivity index (χ0) is 17.1. The van der Waals surface area contributed by atoms with Crippen LogP contribution in [0, 0.1) is 0 Å². The number of aliphatic hydroxyl groups excluding tert-OH is 1. The number of amides is 1. The molecule has 6 nitrogen and oxygen atoms in total. The first-order valence-corrected chi connectivity index (χ1v) is 8.17. The first kappa shape index (κ1) is 17.0. The molecule has 1 aliphatic rings. The van der Waals surface area contributed by atoms with Crippen LogP contribution in [0.15, 0.2) is 30.6 Å². The van der Waals surface area contributed by atoms with Crippen LogP contribution in [0.2, 0.25) is 10.0 Å². The highest BCUT2D eigenvalue weighted by atomic mass is 35.5. The average Bonchev–Trinajstić information content (AvgIpc) is 2.96. The number of hydrogen-bond acceptors (Lipinski definition) is 5. The molecule has 2 aromatic rings. The highest BCUT2D eigenvalue weighted by Gasteiger charge is 2.33. The Morgan fingerprint density at radius 1 is 1.21 bits per heavy atom. The van der Waals surface area contributed by atoms with E-state index in [-0.39, 0.29) is 19.1 Å². The minimum Gasteiger partial charge on any atom is -0.441 e. The highest BCUT2D eigenvalue weighted by Crippen LogP contribution is 2.25. The third-order valence-electron chi connectivity index (χ3n) is 3.74. The number of hydrogen-bond donors (Lipinski definition) is 1. The van der Waals surface area contributed by atoms with Gasteiger partial charge in [0.15, 0.2) is 0 Å². The molecule has 0 aliphatic carbocycles. The number of aryl methyl sites for hydroxylation is 1. The molecule has 1 amide bonds. The first-order valence-electron chi connectivity index (χ1n) is 7.41. The Hall–Kier alpha value is -1.89. The Morgan fingerprint density at radius 3 is 2.46 bits per heavy atom. The molecule has 2 heterocycles. The molecule has 3 rings (SSSR count). The van der Waals surface area contributed by atoms with Crippen LogP contribution in [0.3, 0.4) is 0 Å². The number of aromatic nitrogens is 2. The molecule has 0 saturated carbocycles. The number of benzene rings is 1. The van der Waals surface area contributed by atoms with Crippen LogP contribution in [-0.2, 0) is 17.6 Å². The molecule has 1 fully saturated rings. The standard InChI is InChI=1S/C16H15Cl2N3O3/c17-13-2-1-3-14(18)12(13)5-4-10-6-19-15(20-7-10)21-8-11(9-22)24-16(21)23/h1-3,6-7,11,22H,4-5,8-9H2. The van der Waals surface area contributed by atoms with E-state index in [1.54, 1.807) is 30.6 Å². The summed E-state index contributed by atoms with van der Waals surface area (Å²) < 4.78 is 4.97. The average molecular weight is 368 g/mol. The number of ether oxygens (including phenoxy) is 1. The minimum atomic E-state index is -0.551. The van der Waals surface area contributed by atoms with Crippen LogP contribution in [0.1, 0.15) is 11.1 Å². The van der Waals surface area contributed by atoms with Gasteiger partial charge in [-0.15, -0.1) is 0 Å². The molecular weight excluding hydrogens is 353 g/mol. The second-order valence-electron chi connectivity index (χ2n) is 5.39. The van der Waals surface area contributed by atoms with Gasteiger partial charge < -0.3 is 9.84 Å². The van der Waals surface area contributed by atoms with Crippen molar-refractivity contribution in [3.63, 3.8) is 0 Å². The van der Waals surface area contributed by atoms with Gasteiger partial charge in [0.05, 0.1) is 13.2 Å². The number of carbonyl (C=O) groups is 1. The van der Waals surface area contributed by atoms with Crippen molar-refractivity contribution < 1.29 is 14.6 Å². The second kappa shape index (κ2) is 7.34. The maximum Gasteiger partial charge on any atom is 0.417 e. The summed E-state index contributed by atoms with van der Waals surface area (Å²) in [7, 11) is 0. The Bertz CT molecular complexity index is 720. The van der Waals surface area contributed by atoms with Crippen molar-refractivity contribution in [2.45, 2.75) is 18.9 Å². The summed E-state index contributed by atoms with van der Waals surface area (Å²) in [6.07, 6.45) is 3.57. The lowest BCUT2D eigenvalue weighted by Crippen LogP contribution is -2.27. The fourth-order valence-corrected chi connectivity index (χ4v) is 3.02. The van der Waals surface area contributed by atoms with Crippen LogP contribution in [0.25, 0.3) is 0 Å². The SMILES string of the molecule is O=C1OC(CO)CN1c1ncc(CCc2c(Cl)cccc2Cl)cn1. The van der Waals surface area contributed by atoms with E-state index in [0.717, 1.165) is 11.1 Å². The summed E-state index contributed by atoms with van der Waals surface area (Å²) >= 11 is 12.3. The van der Waals surface area contributed by atoms with Gasteiger partial charge in [0.25, 0.3) is 0 Å². The summed E-state index contributed by atoms with van der Waals surface area (Å²) in [5.41, 5.74) is 1.79. The molecule has 1 atom stereocenters. The maximum atomic E-state index is 11.7. The van der Waals surface area contributed by atoms with Gasteiger partial charge in [-0.25, -0.2) is 19.7 Å². The van der Waals surface area contributed by atoms with Crippen molar-refractivity contribution in [1.82, 2.24) is 9.97 Å². The molecule has 1 saturated heterocycles. The summed E-state index contributed by atoms with van der Waals surface area (Å²) in [5.74, 6) is 0.260. The van der Waals surface area contributed by atoms with Crippen molar-refractivity contribution in [3.05, 3.63) is 51.8 Å².